The molecule has 0 atom stereocenters. The Balaban J connectivity index is 0.00000385. The number of hydrogen-bond acceptors (Lipinski definition) is 4. The van der Waals surface area contributed by atoms with Gasteiger partial charge in [0.15, 0.2) is 5.96 Å². The number of benzene rings is 1. The lowest BCUT2D eigenvalue weighted by atomic mass is 9.85. The molecule has 1 aliphatic heterocycles. The molecule has 0 unspecified atom stereocenters. The molecule has 7 nitrogen and oxygen atoms in total. The number of nitrogens with zero attached hydrogens (tertiary/aromatic N) is 3. The molecular weight excluding hydrogens is 527 g/mol. The molecule has 0 saturated carbocycles. The van der Waals surface area contributed by atoms with E-state index in [0.717, 1.165) is 56.4 Å². The molecule has 1 fully saturated rings. The summed E-state index contributed by atoms with van der Waals surface area (Å²) in [5.74, 6) is 1.50. The molecular formula is C25H37IN6O. The van der Waals surface area contributed by atoms with Gasteiger partial charge in [0.2, 0.25) is 5.91 Å². The zero-order valence-corrected chi connectivity index (χ0v) is 22.2. The molecule has 8 heteroatoms. The maximum atomic E-state index is 11.5. The van der Waals surface area contributed by atoms with Crippen molar-refractivity contribution < 1.29 is 4.79 Å². The fraction of sp³-hybridized carbons (Fsp3) is 0.480. The van der Waals surface area contributed by atoms with Crippen molar-refractivity contribution >= 4 is 41.7 Å². The van der Waals surface area contributed by atoms with Crippen molar-refractivity contribution in [1.82, 2.24) is 15.6 Å². The molecule has 1 amide bonds. The molecule has 0 radical (unpaired) electrons. The Morgan fingerprint density at radius 2 is 1.85 bits per heavy atom. The fourth-order valence-electron chi connectivity index (χ4n) is 4.02. The van der Waals surface area contributed by atoms with Gasteiger partial charge in [0.1, 0.15) is 5.82 Å². The quantitative estimate of drug-likeness (QED) is 0.260. The Labute approximate surface area is 214 Å². The van der Waals surface area contributed by atoms with Crippen molar-refractivity contribution in [3.63, 3.8) is 0 Å². The molecule has 1 saturated heterocycles. The van der Waals surface area contributed by atoms with Gasteiger partial charge in [0.25, 0.3) is 0 Å². The van der Waals surface area contributed by atoms with Gasteiger partial charge in [-0.05, 0) is 31.4 Å². The van der Waals surface area contributed by atoms with Crippen LogP contribution < -0.4 is 21.3 Å². The average Bonchev–Trinajstić information content (AvgIpc) is 2.82. The van der Waals surface area contributed by atoms with Crippen LogP contribution in [0.15, 0.2) is 53.7 Å². The van der Waals surface area contributed by atoms with Crippen molar-refractivity contribution in [1.29, 1.82) is 0 Å². The molecule has 4 N–H and O–H groups in total. The zero-order chi connectivity index (χ0) is 23.0. The van der Waals surface area contributed by atoms with Crippen LogP contribution in [0.4, 0.5) is 5.82 Å². The molecule has 33 heavy (non-hydrogen) atoms. The van der Waals surface area contributed by atoms with E-state index >= 15 is 0 Å². The number of pyridine rings is 1. The molecule has 0 aliphatic carbocycles. The summed E-state index contributed by atoms with van der Waals surface area (Å²) in [6.45, 7) is 10.2. The minimum absolute atomic E-state index is 0. The van der Waals surface area contributed by atoms with Crippen LogP contribution in [0.1, 0.15) is 44.7 Å². The number of rotatable bonds is 8. The summed E-state index contributed by atoms with van der Waals surface area (Å²) in [6, 6.07) is 14.5. The van der Waals surface area contributed by atoms with E-state index in [-0.39, 0.29) is 41.2 Å². The normalized spacial score (nSPS) is 15.0. The minimum Gasteiger partial charge on any atom is -0.369 e. The van der Waals surface area contributed by atoms with Gasteiger partial charge in [-0.2, -0.15) is 0 Å². The molecule has 0 bridgehead atoms. The van der Waals surface area contributed by atoms with Crippen LogP contribution in [-0.4, -0.2) is 43.0 Å². The first-order valence-corrected chi connectivity index (χ1v) is 11.5. The van der Waals surface area contributed by atoms with Crippen LogP contribution in [0.25, 0.3) is 0 Å². The third kappa shape index (κ3) is 7.58. The first-order valence-electron chi connectivity index (χ1n) is 11.5. The molecule has 0 spiro atoms. The number of carbonyl (C=O) groups excluding carboxylic acids is 1. The number of anilines is 1. The van der Waals surface area contributed by atoms with Crippen molar-refractivity contribution in [3.05, 3.63) is 59.8 Å². The molecule has 180 valence electrons. The number of nitrogens with one attached hydrogen (secondary N) is 2. The van der Waals surface area contributed by atoms with Gasteiger partial charge in [0.05, 0.1) is 6.54 Å². The molecule has 1 aliphatic rings. The average molecular weight is 565 g/mol. The number of nitrogens with two attached hydrogens (primary N) is 1. The SMILES string of the molecule is CCNC(=NCc1cccnc1N1CCC(C(N)=O)CC1)NCC(C)(C)c1ccccc1.I. The van der Waals surface area contributed by atoms with E-state index in [1.54, 1.807) is 0 Å². The lowest BCUT2D eigenvalue weighted by Crippen LogP contribution is -2.43. The smallest absolute Gasteiger partial charge is 0.220 e. The van der Waals surface area contributed by atoms with Crippen molar-refractivity contribution in [2.45, 2.75) is 45.6 Å². The largest absolute Gasteiger partial charge is 0.369 e. The summed E-state index contributed by atoms with van der Waals surface area (Å²) in [5, 5.41) is 6.85. The number of aromatic nitrogens is 1. The van der Waals surface area contributed by atoms with Gasteiger partial charge < -0.3 is 21.3 Å². The monoisotopic (exact) mass is 564 g/mol. The Kier molecular flexibility index (Phi) is 10.4. The van der Waals surface area contributed by atoms with Gasteiger partial charge in [-0.15, -0.1) is 24.0 Å². The van der Waals surface area contributed by atoms with Crippen molar-refractivity contribution in [2.24, 2.45) is 16.6 Å². The summed E-state index contributed by atoms with van der Waals surface area (Å²) in [7, 11) is 0. The third-order valence-electron chi connectivity index (χ3n) is 6.07. The van der Waals surface area contributed by atoms with E-state index in [9.17, 15) is 4.79 Å². The van der Waals surface area contributed by atoms with E-state index in [1.165, 1.54) is 5.56 Å². The lowest BCUT2D eigenvalue weighted by Gasteiger charge is -2.32. The fourth-order valence-corrected chi connectivity index (χ4v) is 4.02. The second kappa shape index (κ2) is 12.8. The molecule has 2 aromatic rings. The van der Waals surface area contributed by atoms with Crippen LogP contribution >= 0.6 is 24.0 Å². The predicted molar refractivity (Wildman–Crippen MR) is 146 cm³/mol. The highest BCUT2D eigenvalue weighted by Gasteiger charge is 2.25. The third-order valence-corrected chi connectivity index (χ3v) is 6.07. The molecule has 3 rings (SSSR count). The van der Waals surface area contributed by atoms with Gasteiger partial charge in [-0.3, -0.25) is 4.79 Å². The number of amides is 1. The number of hydrogen-bond donors (Lipinski definition) is 3. The second-order valence-corrected chi connectivity index (χ2v) is 8.95. The van der Waals surface area contributed by atoms with Crippen molar-refractivity contribution in [2.75, 3.05) is 31.1 Å². The Hall–Kier alpha value is -2.36. The number of halogens is 1. The number of guanidine groups is 1. The molecule has 2 heterocycles. The maximum Gasteiger partial charge on any atom is 0.220 e. The second-order valence-electron chi connectivity index (χ2n) is 8.95. The highest BCUT2D eigenvalue weighted by molar-refractivity contribution is 14.0. The van der Waals surface area contributed by atoms with E-state index in [4.69, 9.17) is 10.7 Å². The van der Waals surface area contributed by atoms with Crippen LogP contribution in [-0.2, 0) is 16.8 Å². The van der Waals surface area contributed by atoms with Gasteiger partial charge in [-0.25, -0.2) is 9.98 Å². The summed E-state index contributed by atoms with van der Waals surface area (Å²) in [4.78, 5) is 23.2. The number of aliphatic imine (C=N–C) groups is 1. The predicted octanol–water partition coefficient (Wildman–Crippen LogP) is 3.43. The van der Waals surface area contributed by atoms with Crippen molar-refractivity contribution in [3.8, 4) is 0 Å². The summed E-state index contributed by atoms with van der Waals surface area (Å²) in [5.41, 5.74) is 7.82. The van der Waals surface area contributed by atoms with Crippen LogP contribution in [0.5, 0.6) is 0 Å². The highest BCUT2D eigenvalue weighted by Crippen LogP contribution is 2.25. The first kappa shape index (κ1) is 26.9. The summed E-state index contributed by atoms with van der Waals surface area (Å²) >= 11 is 0. The first-order chi connectivity index (χ1) is 15.4. The number of piperidine rings is 1. The lowest BCUT2D eigenvalue weighted by molar-refractivity contribution is -0.122. The van der Waals surface area contributed by atoms with E-state index in [2.05, 4.69) is 71.6 Å². The van der Waals surface area contributed by atoms with Gasteiger partial charge >= 0.3 is 0 Å². The van der Waals surface area contributed by atoms with Crippen LogP contribution in [0, 0.1) is 5.92 Å². The molecule has 1 aromatic heterocycles. The van der Waals surface area contributed by atoms with Gasteiger partial charge in [-0.1, -0.05) is 50.2 Å². The summed E-state index contributed by atoms with van der Waals surface area (Å²) in [6.07, 6.45) is 3.36. The van der Waals surface area contributed by atoms with Gasteiger partial charge in [0, 0.05) is 49.3 Å². The maximum absolute atomic E-state index is 11.5. The Bertz CT molecular complexity index is 910. The summed E-state index contributed by atoms with van der Waals surface area (Å²) < 4.78 is 0. The topological polar surface area (TPSA) is 95.6 Å². The van der Waals surface area contributed by atoms with E-state index < -0.39 is 0 Å². The minimum atomic E-state index is -0.199. The van der Waals surface area contributed by atoms with Crippen LogP contribution in [0.3, 0.4) is 0 Å². The number of primary amides is 1. The molecule has 1 aromatic carbocycles. The highest BCUT2D eigenvalue weighted by atomic mass is 127. The van der Waals surface area contributed by atoms with Crippen LogP contribution in [0.2, 0.25) is 0 Å². The standard InChI is InChI=1S/C25H36N6O.HI/c1-4-27-24(30-18-25(2,3)21-10-6-5-7-11-21)29-17-20-9-8-14-28-23(20)31-15-12-19(13-16-31)22(26)32;/h5-11,14,19H,4,12-13,15-18H2,1-3H3,(H2,26,32)(H2,27,29,30);1H. The van der Waals surface area contributed by atoms with E-state index in [1.807, 2.05) is 18.3 Å². The Morgan fingerprint density at radius 1 is 1.15 bits per heavy atom. The Morgan fingerprint density at radius 3 is 2.48 bits per heavy atom. The zero-order valence-electron chi connectivity index (χ0n) is 19.9. The van der Waals surface area contributed by atoms with E-state index in [0.29, 0.717) is 6.54 Å². The number of carbonyl (C=O) groups is 1.